The molecule has 0 saturated heterocycles. The standard InChI is InChI=1S/C12H8N4O8/c1-5-6(2)12(16(23)24)10-8(11(5)15(21)22)3-7(13(17)18)4-9(10)14(19)20/h3-4H,1-2H3. The van der Waals surface area contributed by atoms with Gasteiger partial charge in [-0.3, -0.25) is 40.5 Å². The van der Waals surface area contributed by atoms with Gasteiger partial charge in [-0.1, -0.05) is 0 Å². The highest BCUT2D eigenvalue weighted by atomic mass is 16.6. The lowest BCUT2D eigenvalue weighted by Crippen LogP contribution is -2.04. The Bertz CT molecular complexity index is 952. The summed E-state index contributed by atoms with van der Waals surface area (Å²) in [6, 6.07) is 1.29. The molecule has 0 bridgehead atoms. The molecule has 0 saturated carbocycles. The van der Waals surface area contributed by atoms with Gasteiger partial charge in [0.05, 0.1) is 31.1 Å². The van der Waals surface area contributed by atoms with Crippen LogP contribution in [0.15, 0.2) is 12.1 Å². The van der Waals surface area contributed by atoms with Crippen LogP contribution in [-0.2, 0) is 0 Å². The van der Waals surface area contributed by atoms with E-state index in [4.69, 9.17) is 0 Å². The summed E-state index contributed by atoms with van der Waals surface area (Å²) in [6.45, 7) is 2.47. The second kappa shape index (κ2) is 5.49. The van der Waals surface area contributed by atoms with Crippen molar-refractivity contribution in [3.8, 4) is 0 Å². The summed E-state index contributed by atoms with van der Waals surface area (Å²) < 4.78 is 0. The van der Waals surface area contributed by atoms with E-state index < -0.39 is 53.2 Å². The Kier molecular flexibility index (Phi) is 3.82. The Labute approximate surface area is 131 Å². The van der Waals surface area contributed by atoms with Crippen molar-refractivity contribution in [2.45, 2.75) is 13.8 Å². The predicted octanol–water partition coefficient (Wildman–Crippen LogP) is 3.09. The molecule has 0 fully saturated rings. The maximum atomic E-state index is 11.3. The highest BCUT2D eigenvalue weighted by Crippen LogP contribution is 2.45. The number of non-ortho nitro benzene ring substituents is 2. The zero-order chi connectivity index (χ0) is 18.3. The minimum Gasteiger partial charge on any atom is -0.258 e. The van der Waals surface area contributed by atoms with Crippen LogP contribution >= 0.6 is 0 Å². The average Bonchev–Trinajstić information content (AvgIpc) is 2.46. The van der Waals surface area contributed by atoms with Crippen LogP contribution in [0.2, 0.25) is 0 Å². The van der Waals surface area contributed by atoms with E-state index in [0.717, 1.165) is 6.07 Å². The lowest BCUT2D eigenvalue weighted by Gasteiger charge is -2.08. The zero-order valence-corrected chi connectivity index (χ0v) is 12.2. The lowest BCUT2D eigenvalue weighted by molar-refractivity contribution is -0.396. The van der Waals surface area contributed by atoms with Crippen molar-refractivity contribution < 1.29 is 19.7 Å². The fourth-order valence-corrected chi connectivity index (χ4v) is 2.51. The van der Waals surface area contributed by atoms with Gasteiger partial charge in [-0.15, -0.1) is 0 Å². The van der Waals surface area contributed by atoms with Gasteiger partial charge in [-0.25, -0.2) is 0 Å². The summed E-state index contributed by atoms with van der Waals surface area (Å²) >= 11 is 0. The topological polar surface area (TPSA) is 173 Å². The third-order valence-electron chi connectivity index (χ3n) is 3.64. The molecule has 0 aliphatic heterocycles. The van der Waals surface area contributed by atoms with Crippen molar-refractivity contribution in [2.75, 3.05) is 0 Å². The van der Waals surface area contributed by atoms with Crippen molar-refractivity contribution in [3.05, 3.63) is 63.7 Å². The molecular weight excluding hydrogens is 328 g/mol. The number of hydrogen-bond donors (Lipinski definition) is 0. The summed E-state index contributed by atoms with van der Waals surface area (Å²) in [5.41, 5.74) is -3.23. The molecule has 2 aromatic rings. The van der Waals surface area contributed by atoms with Crippen LogP contribution in [0.3, 0.4) is 0 Å². The zero-order valence-electron chi connectivity index (χ0n) is 12.2. The van der Waals surface area contributed by atoms with E-state index in [1.807, 2.05) is 0 Å². The molecule has 12 heteroatoms. The summed E-state index contributed by atoms with van der Waals surface area (Å²) in [5, 5.41) is 43.7. The average molecular weight is 336 g/mol. The fourth-order valence-electron chi connectivity index (χ4n) is 2.51. The molecule has 2 rings (SSSR count). The van der Waals surface area contributed by atoms with E-state index in [9.17, 15) is 40.5 Å². The molecule has 0 aromatic heterocycles. The largest absolute Gasteiger partial charge is 0.291 e. The Balaban J connectivity index is 3.27. The molecule has 24 heavy (non-hydrogen) atoms. The minimum atomic E-state index is -1.04. The molecule has 2 aromatic carbocycles. The maximum Gasteiger partial charge on any atom is 0.291 e. The number of nitrogens with zero attached hydrogens (tertiary/aromatic N) is 4. The molecular formula is C12H8N4O8. The number of fused-ring (bicyclic) bond motifs is 1. The van der Waals surface area contributed by atoms with Gasteiger partial charge in [0.25, 0.3) is 22.7 Å². The minimum absolute atomic E-state index is 0.0889. The lowest BCUT2D eigenvalue weighted by atomic mass is 9.96. The molecule has 0 aliphatic carbocycles. The van der Waals surface area contributed by atoms with Crippen LogP contribution < -0.4 is 0 Å². The molecule has 0 unspecified atom stereocenters. The molecule has 124 valence electrons. The van der Waals surface area contributed by atoms with E-state index >= 15 is 0 Å². The van der Waals surface area contributed by atoms with E-state index in [2.05, 4.69) is 0 Å². The molecule has 0 atom stereocenters. The molecule has 0 spiro atoms. The van der Waals surface area contributed by atoms with Crippen LogP contribution in [-0.4, -0.2) is 19.7 Å². The van der Waals surface area contributed by atoms with E-state index in [-0.39, 0.29) is 11.1 Å². The van der Waals surface area contributed by atoms with Crippen LogP contribution in [0.1, 0.15) is 11.1 Å². The number of benzene rings is 2. The highest BCUT2D eigenvalue weighted by molar-refractivity contribution is 6.06. The van der Waals surface area contributed by atoms with E-state index in [1.165, 1.54) is 13.8 Å². The number of nitro benzene ring substituents is 4. The van der Waals surface area contributed by atoms with Crippen LogP contribution in [0.5, 0.6) is 0 Å². The van der Waals surface area contributed by atoms with Crippen LogP contribution in [0.4, 0.5) is 22.7 Å². The number of nitro groups is 4. The van der Waals surface area contributed by atoms with Gasteiger partial charge in [-0.05, 0) is 13.8 Å². The van der Waals surface area contributed by atoms with Gasteiger partial charge in [0.2, 0.25) is 0 Å². The second-order valence-corrected chi connectivity index (χ2v) is 4.86. The maximum absolute atomic E-state index is 11.3. The van der Waals surface area contributed by atoms with Crippen molar-refractivity contribution in [1.29, 1.82) is 0 Å². The molecule has 0 heterocycles. The first-order chi connectivity index (χ1) is 11.1. The van der Waals surface area contributed by atoms with Gasteiger partial charge in [0.15, 0.2) is 0 Å². The summed E-state index contributed by atoms with van der Waals surface area (Å²) in [5.74, 6) is 0. The Hall–Kier alpha value is -3.70. The second-order valence-electron chi connectivity index (χ2n) is 4.86. The van der Waals surface area contributed by atoms with E-state index in [1.54, 1.807) is 0 Å². The Morgan fingerprint density at radius 3 is 1.62 bits per heavy atom. The third kappa shape index (κ3) is 2.35. The molecule has 0 radical (unpaired) electrons. The molecule has 12 nitrogen and oxygen atoms in total. The van der Waals surface area contributed by atoms with Crippen molar-refractivity contribution in [2.24, 2.45) is 0 Å². The Morgan fingerprint density at radius 2 is 1.21 bits per heavy atom. The first-order valence-electron chi connectivity index (χ1n) is 6.26. The van der Waals surface area contributed by atoms with Gasteiger partial charge >= 0.3 is 0 Å². The first kappa shape index (κ1) is 16.7. The molecule has 0 amide bonds. The van der Waals surface area contributed by atoms with Gasteiger partial charge in [0, 0.05) is 17.2 Å². The SMILES string of the molecule is Cc1c(C)c([N+](=O)[O-])c2c([N+](=O)[O-])cc([N+](=O)[O-])cc2c1[N+](=O)[O-]. The predicted molar refractivity (Wildman–Crippen MR) is 80.0 cm³/mol. The normalized spacial score (nSPS) is 10.6. The van der Waals surface area contributed by atoms with Gasteiger partial charge in [-0.2, -0.15) is 0 Å². The monoisotopic (exact) mass is 336 g/mol. The highest BCUT2D eigenvalue weighted by Gasteiger charge is 2.35. The first-order valence-corrected chi connectivity index (χ1v) is 6.26. The van der Waals surface area contributed by atoms with Crippen LogP contribution in [0.25, 0.3) is 10.8 Å². The summed E-state index contributed by atoms with van der Waals surface area (Å²) in [4.78, 5) is 41.1. The Morgan fingerprint density at radius 1 is 0.708 bits per heavy atom. The quantitative estimate of drug-likeness (QED) is 0.604. The van der Waals surface area contributed by atoms with Crippen LogP contribution in [0, 0.1) is 54.3 Å². The number of hydrogen-bond acceptors (Lipinski definition) is 8. The van der Waals surface area contributed by atoms with Gasteiger partial charge in [0.1, 0.15) is 5.39 Å². The van der Waals surface area contributed by atoms with E-state index in [0.29, 0.717) is 6.07 Å². The van der Waals surface area contributed by atoms with Crippen molar-refractivity contribution in [3.63, 3.8) is 0 Å². The third-order valence-corrected chi connectivity index (χ3v) is 3.64. The van der Waals surface area contributed by atoms with Gasteiger partial charge < -0.3 is 0 Å². The fraction of sp³-hybridized carbons (Fsp3) is 0.167. The molecule has 0 N–H and O–H groups in total. The summed E-state index contributed by atoms with van der Waals surface area (Å²) in [7, 11) is 0. The molecule has 0 aliphatic rings. The smallest absolute Gasteiger partial charge is 0.258 e. The van der Waals surface area contributed by atoms with Crippen molar-refractivity contribution >= 4 is 33.5 Å². The number of rotatable bonds is 4. The summed E-state index contributed by atoms with van der Waals surface area (Å²) in [6.07, 6.45) is 0. The van der Waals surface area contributed by atoms with Crippen molar-refractivity contribution in [1.82, 2.24) is 0 Å².